The molecule has 1 aliphatic heterocycles. The minimum Gasteiger partial charge on any atom is -0.345 e. The maximum absolute atomic E-state index is 12.6. The van der Waals surface area contributed by atoms with Crippen LogP contribution in [0.3, 0.4) is 0 Å². The largest absolute Gasteiger partial charge is 0.345 e. The number of rotatable bonds is 5. The van der Waals surface area contributed by atoms with Gasteiger partial charge < -0.3 is 9.88 Å². The zero-order chi connectivity index (χ0) is 19.6. The molecular formula is C18H25N5O3S. The van der Waals surface area contributed by atoms with E-state index in [4.69, 9.17) is 0 Å². The summed E-state index contributed by atoms with van der Waals surface area (Å²) in [4.78, 5) is 12.7. The van der Waals surface area contributed by atoms with Crippen molar-refractivity contribution in [3.63, 3.8) is 0 Å². The molecule has 0 saturated carbocycles. The first kappa shape index (κ1) is 19.5. The van der Waals surface area contributed by atoms with Crippen LogP contribution in [0.2, 0.25) is 0 Å². The van der Waals surface area contributed by atoms with E-state index in [0.717, 1.165) is 43.0 Å². The lowest BCUT2D eigenvalue weighted by atomic mass is 10.1. The number of aryl methyl sites for hydroxylation is 2. The van der Waals surface area contributed by atoms with E-state index >= 15 is 0 Å². The average molecular weight is 391 g/mol. The Kier molecular flexibility index (Phi) is 5.61. The molecule has 0 aliphatic carbocycles. The summed E-state index contributed by atoms with van der Waals surface area (Å²) < 4.78 is 28.8. The van der Waals surface area contributed by atoms with Gasteiger partial charge in [-0.15, -0.1) is 10.2 Å². The molecule has 1 aliphatic rings. The SMILES string of the molecule is CNS(=O)(=O)c1cc(C(=O)NCc2nnc3n2CCCCC3)cc(C)c1C. The van der Waals surface area contributed by atoms with Crippen LogP contribution in [0, 0.1) is 13.8 Å². The summed E-state index contributed by atoms with van der Waals surface area (Å²) in [5.41, 5.74) is 1.68. The van der Waals surface area contributed by atoms with Gasteiger partial charge in [-0.2, -0.15) is 0 Å². The molecule has 1 aromatic heterocycles. The fraction of sp³-hybridized carbons (Fsp3) is 0.500. The van der Waals surface area contributed by atoms with Crippen LogP contribution in [-0.4, -0.2) is 36.1 Å². The molecule has 8 nitrogen and oxygen atoms in total. The number of fused-ring (bicyclic) bond motifs is 1. The van der Waals surface area contributed by atoms with Crippen molar-refractivity contribution in [2.45, 2.75) is 57.5 Å². The third-order valence-electron chi connectivity index (χ3n) is 5.03. The quantitative estimate of drug-likeness (QED) is 0.803. The minimum absolute atomic E-state index is 0.117. The lowest BCUT2D eigenvalue weighted by Crippen LogP contribution is -2.26. The first-order chi connectivity index (χ1) is 12.8. The normalized spacial score (nSPS) is 14.5. The molecule has 2 heterocycles. The van der Waals surface area contributed by atoms with E-state index in [1.807, 2.05) is 0 Å². The molecule has 1 aromatic carbocycles. The Hall–Kier alpha value is -2.26. The Bertz CT molecular complexity index is 966. The zero-order valence-corrected chi connectivity index (χ0v) is 16.7. The topological polar surface area (TPSA) is 106 Å². The molecule has 1 amide bonds. The molecule has 0 atom stereocenters. The Morgan fingerprint density at radius 3 is 2.70 bits per heavy atom. The van der Waals surface area contributed by atoms with E-state index in [1.54, 1.807) is 19.9 Å². The van der Waals surface area contributed by atoms with Crippen LogP contribution >= 0.6 is 0 Å². The predicted molar refractivity (Wildman–Crippen MR) is 101 cm³/mol. The van der Waals surface area contributed by atoms with E-state index in [1.165, 1.54) is 19.5 Å². The molecule has 0 radical (unpaired) electrons. The highest BCUT2D eigenvalue weighted by Crippen LogP contribution is 2.21. The fourth-order valence-corrected chi connectivity index (χ4v) is 4.35. The van der Waals surface area contributed by atoms with Crippen LogP contribution in [0.4, 0.5) is 0 Å². The number of aromatic nitrogens is 3. The smallest absolute Gasteiger partial charge is 0.251 e. The second-order valence-corrected chi connectivity index (χ2v) is 8.66. The molecule has 0 bridgehead atoms. The number of nitrogens with zero attached hydrogens (tertiary/aromatic N) is 3. The third-order valence-corrected chi connectivity index (χ3v) is 6.57. The van der Waals surface area contributed by atoms with Gasteiger partial charge in [0, 0.05) is 18.5 Å². The highest BCUT2D eigenvalue weighted by atomic mass is 32.2. The molecule has 0 fully saturated rings. The number of nitrogens with one attached hydrogen (secondary N) is 2. The summed E-state index contributed by atoms with van der Waals surface area (Å²) in [7, 11) is -2.28. The van der Waals surface area contributed by atoms with Gasteiger partial charge >= 0.3 is 0 Å². The Morgan fingerprint density at radius 1 is 1.19 bits per heavy atom. The van der Waals surface area contributed by atoms with Crippen LogP contribution in [0.5, 0.6) is 0 Å². The van der Waals surface area contributed by atoms with Crippen molar-refractivity contribution >= 4 is 15.9 Å². The highest BCUT2D eigenvalue weighted by molar-refractivity contribution is 7.89. The van der Waals surface area contributed by atoms with Crippen LogP contribution < -0.4 is 10.0 Å². The maximum atomic E-state index is 12.6. The molecule has 146 valence electrons. The highest BCUT2D eigenvalue weighted by Gasteiger charge is 2.20. The van der Waals surface area contributed by atoms with Crippen molar-refractivity contribution in [2.24, 2.45) is 0 Å². The van der Waals surface area contributed by atoms with Crippen LogP contribution in [-0.2, 0) is 29.5 Å². The lowest BCUT2D eigenvalue weighted by molar-refractivity contribution is 0.0949. The molecular weight excluding hydrogens is 366 g/mol. The Morgan fingerprint density at radius 2 is 1.96 bits per heavy atom. The fourth-order valence-electron chi connectivity index (χ4n) is 3.28. The number of carbonyl (C=O) groups excluding carboxylic acids is 1. The number of carbonyl (C=O) groups is 1. The number of amides is 1. The van der Waals surface area contributed by atoms with Gasteiger partial charge in [-0.1, -0.05) is 6.42 Å². The number of hydrogen-bond acceptors (Lipinski definition) is 5. The summed E-state index contributed by atoms with van der Waals surface area (Å²) in [6, 6.07) is 3.11. The standard InChI is InChI=1S/C18H25N5O3S/c1-12-9-14(10-15(13(12)2)27(25,26)19-3)18(24)20-11-17-22-21-16-7-5-4-6-8-23(16)17/h9-10,19H,4-8,11H2,1-3H3,(H,20,24). The number of sulfonamides is 1. The molecule has 3 rings (SSSR count). The van der Waals surface area contributed by atoms with Crippen molar-refractivity contribution in [2.75, 3.05) is 7.05 Å². The van der Waals surface area contributed by atoms with Crippen molar-refractivity contribution in [1.29, 1.82) is 0 Å². The molecule has 0 spiro atoms. The molecule has 9 heteroatoms. The van der Waals surface area contributed by atoms with Gasteiger partial charge in [0.1, 0.15) is 5.82 Å². The maximum Gasteiger partial charge on any atom is 0.251 e. The molecule has 27 heavy (non-hydrogen) atoms. The molecule has 2 N–H and O–H groups in total. The number of hydrogen-bond donors (Lipinski definition) is 2. The summed E-state index contributed by atoms with van der Waals surface area (Å²) >= 11 is 0. The van der Waals surface area contributed by atoms with Crippen LogP contribution in [0.15, 0.2) is 17.0 Å². The van der Waals surface area contributed by atoms with Crippen molar-refractivity contribution < 1.29 is 13.2 Å². The Balaban J connectivity index is 1.80. The summed E-state index contributed by atoms with van der Waals surface area (Å²) in [5, 5.41) is 11.3. The van der Waals surface area contributed by atoms with E-state index in [0.29, 0.717) is 11.1 Å². The van der Waals surface area contributed by atoms with Gasteiger partial charge in [0.05, 0.1) is 11.4 Å². The summed E-state index contributed by atoms with van der Waals surface area (Å²) in [6.07, 6.45) is 4.26. The van der Waals surface area contributed by atoms with Gasteiger partial charge in [-0.05, 0) is 57.0 Å². The van der Waals surface area contributed by atoms with E-state index < -0.39 is 10.0 Å². The predicted octanol–water partition coefficient (Wildman–Crippen LogP) is 1.46. The number of benzene rings is 1. The second-order valence-electron chi connectivity index (χ2n) is 6.80. The van der Waals surface area contributed by atoms with E-state index in [9.17, 15) is 13.2 Å². The van der Waals surface area contributed by atoms with Crippen LogP contribution in [0.1, 0.15) is 52.4 Å². The minimum atomic E-state index is -3.64. The second kappa shape index (κ2) is 7.77. The van der Waals surface area contributed by atoms with Crippen molar-refractivity contribution in [1.82, 2.24) is 24.8 Å². The van der Waals surface area contributed by atoms with Gasteiger partial charge in [-0.3, -0.25) is 4.79 Å². The third kappa shape index (κ3) is 4.03. The van der Waals surface area contributed by atoms with Crippen molar-refractivity contribution in [3.8, 4) is 0 Å². The first-order valence-electron chi connectivity index (χ1n) is 9.07. The lowest BCUT2D eigenvalue weighted by Gasteiger charge is -2.13. The van der Waals surface area contributed by atoms with Crippen molar-refractivity contribution in [3.05, 3.63) is 40.5 Å². The van der Waals surface area contributed by atoms with E-state index in [-0.39, 0.29) is 17.3 Å². The molecule has 0 saturated heterocycles. The Labute approximate surface area is 159 Å². The van der Waals surface area contributed by atoms with Gasteiger partial charge in [-0.25, -0.2) is 13.1 Å². The molecule has 0 unspecified atom stereocenters. The summed E-state index contributed by atoms with van der Waals surface area (Å²) in [5.74, 6) is 1.36. The van der Waals surface area contributed by atoms with Gasteiger partial charge in [0.15, 0.2) is 5.82 Å². The monoisotopic (exact) mass is 391 g/mol. The van der Waals surface area contributed by atoms with Gasteiger partial charge in [0.25, 0.3) is 5.91 Å². The summed E-state index contributed by atoms with van der Waals surface area (Å²) in [6.45, 7) is 4.64. The first-order valence-corrected chi connectivity index (χ1v) is 10.6. The van der Waals surface area contributed by atoms with Crippen LogP contribution in [0.25, 0.3) is 0 Å². The van der Waals surface area contributed by atoms with E-state index in [2.05, 4.69) is 24.8 Å². The average Bonchev–Trinajstić information content (AvgIpc) is 2.87. The molecule has 2 aromatic rings. The van der Waals surface area contributed by atoms with Gasteiger partial charge in [0.2, 0.25) is 10.0 Å². The zero-order valence-electron chi connectivity index (χ0n) is 15.9.